The molecular weight excluding hydrogens is 544 g/mol. The fourth-order valence-electron chi connectivity index (χ4n) is 5.64. The van der Waals surface area contributed by atoms with Gasteiger partial charge in [0.15, 0.2) is 5.11 Å². The van der Waals surface area contributed by atoms with E-state index < -0.39 is 0 Å². The largest absolute Gasteiger partial charge is 0.497 e. The predicted octanol–water partition coefficient (Wildman–Crippen LogP) is 7.48. The third-order valence-corrected chi connectivity index (χ3v) is 7.92. The molecule has 3 aromatic carbocycles. The quantitative estimate of drug-likeness (QED) is 0.192. The van der Waals surface area contributed by atoms with Crippen LogP contribution in [0, 0.1) is 13.8 Å². The van der Waals surface area contributed by atoms with Gasteiger partial charge in [0.2, 0.25) is 0 Å². The normalized spacial score (nSPS) is 16.3. The van der Waals surface area contributed by atoms with Gasteiger partial charge in [-0.2, -0.15) is 0 Å². The molecule has 3 heterocycles. The van der Waals surface area contributed by atoms with E-state index in [0.717, 1.165) is 57.0 Å². The monoisotopic (exact) mass is 576 g/mol. The van der Waals surface area contributed by atoms with Crippen molar-refractivity contribution in [1.29, 1.82) is 0 Å². The van der Waals surface area contributed by atoms with E-state index in [1.165, 1.54) is 0 Å². The average Bonchev–Trinajstić information content (AvgIpc) is 3.52. The SMILES string of the molecule is COc1ccc(Oc2ccc(N3C(=S)N[C@@H](c4ccccn4)[C@@H]3c3cc(C)n(-c4cccc(OC)c4)c3C)cc2)cc1. The summed E-state index contributed by atoms with van der Waals surface area (Å²) in [5, 5.41) is 4.21. The zero-order chi connectivity index (χ0) is 29.2. The van der Waals surface area contributed by atoms with Gasteiger partial charge in [-0.15, -0.1) is 0 Å². The predicted molar refractivity (Wildman–Crippen MR) is 169 cm³/mol. The second-order valence-corrected chi connectivity index (χ2v) is 10.5. The molecule has 0 bridgehead atoms. The third kappa shape index (κ3) is 5.17. The molecule has 1 aliphatic heterocycles. The van der Waals surface area contributed by atoms with Crippen molar-refractivity contribution in [2.75, 3.05) is 19.1 Å². The number of thiocarbonyl (C=S) groups is 1. The first kappa shape index (κ1) is 27.4. The minimum Gasteiger partial charge on any atom is -0.497 e. The van der Waals surface area contributed by atoms with Gasteiger partial charge in [0, 0.05) is 35.0 Å². The number of ether oxygens (including phenoxy) is 3. The molecule has 42 heavy (non-hydrogen) atoms. The summed E-state index contributed by atoms with van der Waals surface area (Å²) in [4.78, 5) is 6.90. The Morgan fingerprint density at radius 1 is 0.738 bits per heavy atom. The second-order valence-electron chi connectivity index (χ2n) is 10.1. The molecule has 7 nitrogen and oxygen atoms in total. The van der Waals surface area contributed by atoms with E-state index in [1.54, 1.807) is 14.2 Å². The number of pyridine rings is 1. The second kappa shape index (κ2) is 11.6. The Balaban J connectivity index is 1.39. The molecule has 0 spiro atoms. The number of methoxy groups -OCH3 is 2. The summed E-state index contributed by atoms with van der Waals surface area (Å²) in [6, 6.07) is 31.6. The summed E-state index contributed by atoms with van der Waals surface area (Å²) < 4.78 is 19.1. The molecular formula is C34H32N4O3S. The summed E-state index contributed by atoms with van der Waals surface area (Å²) in [6.07, 6.45) is 1.82. The van der Waals surface area contributed by atoms with Crippen LogP contribution >= 0.6 is 12.2 Å². The van der Waals surface area contributed by atoms with Crippen LogP contribution in [0.2, 0.25) is 0 Å². The van der Waals surface area contributed by atoms with Gasteiger partial charge in [-0.1, -0.05) is 12.1 Å². The Morgan fingerprint density at radius 3 is 2.10 bits per heavy atom. The molecule has 0 saturated carbocycles. The van der Waals surface area contributed by atoms with E-state index in [2.05, 4.69) is 46.8 Å². The maximum atomic E-state index is 6.08. The molecule has 212 valence electrons. The van der Waals surface area contributed by atoms with Gasteiger partial charge in [0.1, 0.15) is 23.0 Å². The van der Waals surface area contributed by atoms with Gasteiger partial charge in [-0.25, -0.2) is 0 Å². The highest BCUT2D eigenvalue weighted by atomic mass is 32.1. The summed E-state index contributed by atoms with van der Waals surface area (Å²) in [5.41, 5.74) is 6.35. The maximum absolute atomic E-state index is 6.08. The van der Waals surface area contributed by atoms with Gasteiger partial charge in [0.25, 0.3) is 0 Å². The van der Waals surface area contributed by atoms with Crippen molar-refractivity contribution in [3.05, 3.63) is 126 Å². The lowest BCUT2D eigenvalue weighted by Crippen LogP contribution is -2.29. The van der Waals surface area contributed by atoms with Gasteiger partial charge >= 0.3 is 0 Å². The van der Waals surface area contributed by atoms with Crippen molar-refractivity contribution < 1.29 is 14.2 Å². The van der Waals surface area contributed by atoms with E-state index >= 15 is 0 Å². The molecule has 5 aromatic rings. The van der Waals surface area contributed by atoms with Crippen molar-refractivity contribution >= 4 is 23.0 Å². The molecule has 6 rings (SSSR count). The van der Waals surface area contributed by atoms with Crippen LogP contribution in [0.3, 0.4) is 0 Å². The lowest BCUT2D eigenvalue weighted by atomic mass is 9.96. The van der Waals surface area contributed by atoms with Gasteiger partial charge in [-0.05, 0) is 110 Å². The first-order chi connectivity index (χ1) is 20.5. The Morgan fingerprint density at radius 2 is 1.43 bits per heavy atom. The summed E-state index contributed by atoms with van der Waals surface area (Å²) in [6.45, 7) is 4.28. The Hall–Kier alpha value is -4.82. The van der Waals surface area contributed by atoms with Crippen molar-refractivity contribution in [2.24, 2.45) is 0 Å². The molecule has 0 unspecified atom stereocenters. The van der Waals surface area contributed by atoms with Crippen LogP contribution in [-0.2, 0) is 0 Å². The van der Waals surface area contributed by atoms with E-state index in [-0.39, 0.29) is 12.1 Å². The highest BCUT2D eigenvalue weighted by Gasteiger charge is 2.42. The number of aryl methyl sites for hydroxylation is 1. The molecule has 1 saturated heterocycles. The van der Waals surface area contributed by atoms with Crippen LogP contribution in [0.5, 0.6) is 23.0 Å². The highest BCUT2D eigenvalue weighted by Crippen LogP contribution is 2.44. The maximum Gasteiger partial charge on any atom is 0.174 e. The number of nitrogens with zero attached hydrogens (tertiary/aromatic N) is 3. The Labute approximate surface area is 251 Å². The van der Waals surface area contributed by atoms with Crippen molar-refractivity contribution in [3.8, 4) is 28.7 Å². The number of rotatable bonds is 8. The molecule has 2 atom stereocenters. The molecule has 0 aliphatic carbocycles. The average molecular weight is 577 g/mol. The van der Waals surface area contributed by atoms with Crippen LogP contribution in [0.4, 0.5) is 5.69 Å². The van der Waals surface area contributed by atoms with Crippen molar-refractivity contribution in [2.45, 2.75) is 25.9 Å². The van der Waals surface area contributed by atoms with Crippen LogP contribution in [0.1, 0.15) is 34.7 Å². The first-order valence-corrected chi connectivity index (χ1v) is 14.1. The van der Waals surface area contributed by atoms with E-state index in [4.69, 9.17) is 31.4 Å². The number of aromatic nitrogens is 2. The summed E-state index contributed by atoms with van der Waals surface area (Å²) >= 11 is 5.97. The molecule has 1 fully saturated rings. The number of hydrogen-bond acceptors (Lipinski definition) is 5. The van der Waals surface area contributed by atoms with E-state index in [1.807, 2.05) is 85.1 Å². The molecule has 1 N–H and O–H groups in total. The fourth-order valence-corrected chi connectivity index (χ4v) is 5.98. The summed E-state index contributed by atoms with van der Waals surface area (Å²) in [5.74, 6) is 3.07. The Kier molecular flexibility index (Phi) is 7.54. The fraction of sp³-hybridized carbons (Fsp3) is 0.176. The number of anilines is 1. The Bertz CT molecular complexity index is 1700. The van der Waals surface area contributed by atoms with Crippen molar-refractivity contribution in [1.82, 2.24) is 14.9 Å². The third-order valence-electron chi connectivity index (χ3n) is 7.61. The van der Waals surface area contributed by atoms with Crippen LogP contribution in [0.15, 0.2) is 103 Å². The van der Waals surface area contributed by atoms with Gasteiger partial charge in [0.05, 0.1) is 32.0 Å². The number of nitrogens with one attached hydrogen (secondary N) is 1. The molecule has 1 aliphatic rings. The number of hydrogen-bond donors (Lipinski definition) is 1. The zero-order valence-electron chi connectivity index (χ0n) is 23.9. The van der Waals surface area contributed by atoms with E-state index in [9.17, 15) is 0 Å². The van der Waals surface area contributed by atoms with Gasteiger partial charge in [-0.3, -0.25) is 4.98 Å². The lowest BCUT2D eigenvalue weighted by molar-refractivity contribution is 0.413. The van der Waals surface area contributed by atoms with E-state index in [0.29, 0.717) is 5.11 Å². The zero-order valence-corrected chi connectivity index (χ0v) is 24.8. The van der Waals surface area contributed by atoms with Gasteiger partial charge < -0.3 is 29.0 Å². The highest BCUT2D eigenvalue weighted by molar-refractivity contribution is 7.80. The standard InChI is InChI=1S/C34H32N4O3S/c1-22-20-30(23(2)37(22)25-8-7-9-29(21-25)40-4)33-32(31-10-5-6-19-35-31)36-34(42)38(33)24-11-13-27(14-12-24)41-28-17-15-26(39-3)16-18-28/h5-21,32-33H,1-4H3,(H,36,42)/t32-,33-/m0/s1. The topological polar surface area (TPSA) is 60.8 Å². The molecule has 2 aromatic heterocycles. The minimum atomic E-state index is -0.145. The smallest absolute Gasteiger partial charge is 0.174 e. The van der Waals surface area contributed by atoms with Crippen LogP contribution < -0.4 is 24.4 Å². The summed E-state index contributed by atoms with van der Waals surface area (Å²) in [7, 11) is 3.34. The molecule has 0 amide bonds. The van der Waals surface area contributed by atoms with Crippen LogP contribution in [0.25, 0.3) is 5.69 Å². The lowest BCUT2D eigenvalue weighted by Gasteiger charge is -2.28. The first-order valence-electron chi connectivity index (χ1n) is 13.7. The van der Waals surface area contributed by atoms with Crippen LogP contribution in [-0.4, -0.2) is 28.9 Å². The number of benzene rings is 3. The minimum absolute atomic E-state index is 0.133. The molecule has 8 heteroatoms. The van der Waals surface area contributed by atoms with Crippen molar-refractivity contribution in [3.63, 3.8) is 0 Å². The molecule has 0 radical (unpaired) electrons.